The van der Waals surface area contributed by atoms with Crippen molar-refractivity contribution < 1.29 is 19.6 Å². The summed E-state index contributed by atoms with van der Waals surface area (Å²) in [5.41, 5.74) is 0.0347. The normalized spacial score (nSPS) is 37.8. The third kappa shape index (κ3) is 2.10. The van der Waals surface area contributed by atoms with Gasteiger partial charge in [-0.15, -0.1) is 6.58 Å². The molecule has 0 aromatic heterocycles. The van der Waals surface area contributed by atoms with E-state index in [9.17, 15) is 20.0 Å². The molecule has 1 saturated carbocycles. The molecule has 1 heterocycles. The number of nitro benzene ring substituents is 1. The molecule has 2 aliphatic carbocycles. The highest BCUT2D eigenvalue weighted by atomic mass is 16.6. The van der Waals surface area contributed by atoms with Gasteiger partial charge in [0.15, 0.2) is 0 Å². The van der Waals surface area contributed by atoms with Gasteiger partial charge in [-0.2, -0.15) is 0 Å². The number of carbonyl (C=O) groups is 1. The monoisotopic (exact) mass is 341 g/mol. The zero-order chi connectivity index (χ0) is 17.8. The molecule has 1 saturated heterocycles. The summed E-state index contributed by atoms with van der Waals surface area (Å²) < 4.78 is 5.81. The van der Waals surface area contributed by atoms with E-state index in [0.29, 0.717) is 12.2 Å². The highest BCUT2D eigenvalue weighted by Crippen LogP contribution is 2.66. The molecule has 0 spiro atoms. The number of hydrogen-bond donors (Lipinski definition) is 1. The van der Waals surface area contributed by atoms with Gasteiger partial charge >= 0.3 is 5.97 Å². The van der Waals surface area contributed by atoms with Crippen LogP contribution in [0.3, 0.4) is 0 Å². The second kappa shape index (κ2) is 5.52. The molecule has 130 valence electrons. The molecule has 6 atom stereocenters. The first-order valence-corrected chi connectivity index (χ1v) is 8.38. The van der Waals surface area contributed by atoms with Crippen molar-refractivity contribution >= 4 is 11.7 Å². The van der Waals surface area contributed by atoms with Crippen LogP contribution in [0.4, 0.5) is 5.69 Å². The standard InChI is InChI=1S/C19H19NO5/c1-2-19(9-16(21)22)14-8-7-12(17(19)18-13(14)10-25-18)11-5-3-4-6-15(11)20(23)24/h2-8,12-14,17-18H,1,9-10H2,(H,21,22)/t12-,13-,14+,17-,18-,19-/m0/s1. The number of fused-ring (bicyclic) bond motifs is 5. The van der Waals surface area contributed by atoms with Crippen LogP contribution >= 0.6 is 0 Å². The second-order valence-corrected chi connectivity index (χ2v) is 7.13. The molecule has 0 unspecified atom stereocenters. The number of nitrogens with zero attached hydrogens (tertiary/aromatic N) is 1. The average Bonchev–Trinajstić information content (AvgIpc) is 2.64. The minimum Gasteiger partial charge on any atom is -0.481 e. The van der Waals surface area contributed by atoms with E-state index in [0.717, 1.165) is 0 Å². The van der Waals surface area contributed by atoms with Crippen LogP contribution in [0, 0.1) is 33.3 Å². The van der Waals surface area contributed by atoms with Crippen LogP contribution < -0.4 is 0 Å². The molecular formula is C19H19NO5. The lowest BCUT2D eigenvalue weighted by molar-refractivity contribution is -0.385. The van der Waals surface area contributed by atoms with Gasteiger partial charge in [-0.1, -0.05) is 36.4 Å². The van der Waals surface area contributed by atoms with Crippen LogP contribution in [0.5, 0.6) is 0 Å². The van der Waals surface area contributed by atoms with Gasteiger partial charge in [0.2, 0.25) is 0 Å². The van der Waals surface area contributed by atoms with E-state index < -0.39 is 11.4 Å². The molecule has 25 heavy (non-hydrogen) atoms. The van der Waals surface area contributed by atoms with Crippen molar-refractivity contribution in [3.63, 3.8) is 0 Å². The number of allylic oxidation sites excluding steroid dienone is 3. The fraction of sp³-hybridized carbons (Fsp3) is 0.421. The van der Waals surface area contributed by atoms with Crippen molar-refractivity contribution in [2.75, 3.05) is 6.61 Å². The Morgan fingerprint density at radius 2 is 2.20 bits per heavy atom. The molecule has 1 aromatic carbocycles. The Morgan fingerprint density at radius 3 is 2.80 bits per heavy atom. The number of ether oxygens (including phenoxy) is 1. The molecule has 2 bridgehead atoms. The van der Waals surface area contributed by atoms with E-state index in [2.05, 4.69) is 6.58 Å². The Balaban J connectivity index is 1.85. The number of rotatable bonds is 5. The minimum atomic E-state index is -0.882. The Kier molecular flexibility index (Phi) is 3.54. The zero-order valence-corrected chi connectivity index (χ0v) is 13.6. The van der Waals surface area contributed by atoms with Crippen LogP contribution in [0.2, 0.25) is 0 Å². The maximum atomic E-state index is 11.6. The molecule has 3 aliphatic rings. The molecule has 6 nitrogen and oxygen atoms in total. The van der Waals surface area contributed by atoms with Crippen LogP contribution in [0.1, 0.15) is 17.9 Å². The van der Waals surface area contributed by atoms with E-state index in [-0.39, 0.29) is 46.8 Å². The van der Waals surface area contributed by atoms with Crippen molar-refractivity contribution in [1.82, 2.24) is 0 Å². The summed E-state index contributed by atoms with van der Waals surface area (Å²) in [5.74, 6) is -0.982. The number of para-hydroxylation sites is 1. The van der Waals surface area contributed by atoms with Crippen molar-refractivity contribution in [3.8, 4) is 0 Å². The highest BCUT2D eigenvalue weighted by Gasteiger charge is 2.66. The summed E-state index contributed by atoms with van der Waals surface area (Å²) >= 11 is 0. The highest BCUT2D eigenvalue weighted by molar-refractivity contribution is 5.69. The molecule has 4 rings (SSSR count). The van der Waals surface area contributed by atoms with Crippen LogP contribution in [-0.4, -0.2) is 28.7 Å². The average molecular weight is 341 g/mol. The van der Waals surface area contributed by atoms with Gasteiger partial charge in [-0.05, 0) is 5.92 Å². The number of benzene rings is 1. The summed E-state index contributed by atoms with van der Waals surface area (Å²) in [4.78, 5) is 22.7. The predicted octanol–water partition coefficient (Wildman–Crippen LogP) is 3.16. The van der Waals surface area contributed by atoms with Gasteiger partial charge in [0.05, 0.1) is 24.1 Å². The maximum absolute atomic E-state index is 11.6. The fourth-order valence-corrected chi connectivity index (χ4v) is 5.22. The Morgan fingerprint density at radius 1 is 1.44 bits per heavy atom. The van der Waals surface area contributed by atoms with Gasteiger partial charge in [0.25, 0.3) is 5.69 Å². The smallest absolute Gasteiger partial charge is 0.304 e. The van der Waals surface area contributed by atoms with Crippen LogP contribution in [0.15, 0.2) is 49.1 Å². The van der Waals surface area contributed by atoms with E-state index in [1.165, 1.54) is 6.07 Å². The zero-order valence-electron chi connectivity index (χ0n) is 13.6. The van der Waals surface area contributed by atoms with Gasteiger partial charge in [-0.25, -0.2) is 0 Å². The van der Waals surface area contributed by atoms with Gasteiger partial charge in [0, 0.05) is 34.8 Å². The third-order valence-corrected chi connectivity index (χ3v) is 6.20. The Labute approximate surface area is 145 Å². The first-order valence-electron chi connectivity index (χ1n) is 8.38. The number of carboxylic acid groups (broad SMARTS) is 1. The van der Waals surface area contributed by atoms with Crippen molar-refractivity contribution in [2.45, 2.75) is 18.4 Å². The summed E-state index contributed by atoms with van der Waals surface area (Å²) in [6.07, 6.45) is 5.67. The predicted molar refractivity (Wildman–Crippen MR) is 90.1 cm³/mol. The number of carboxylic acids is 1. The molecule has 1 aliphatic heterocycles. The molecular weight excluding hydrogens is 322 g/mol. The van der Waals surface area contributed by atoms with Gasteiger partial charge in [-0.3, -0.25) is 14.9 Å². The number of nitro groups is 1. The molecule has 0 amide bonds. The van der Waals surface area contributed by atoms with E-state index in [4.69, 9.17) is 4.74 Å². The number of hydrogen-bond acceptors (Lipinski definition) is 4. The van der Waals surface area contributed by atoms with E-state index in [1.54, 1.807) is 24.3 Å². The first-order chi connectivity index (χ1) is 12.0. The minimum absolute atomic E-state index is 0.0380. The molecule has 1 N–H and O–H groups in total. The summed E-state index contributed by atoms with van der Waals surface area (Å²) in [6, 6.07) is 6.68. The van der Waals surface area contributed by atoms with Crippen LogP contribution in [0.25, 0.3) is 0 Å². The SMILES string of the molecule is C=C[C@@]1(CC(=O)O)[C@@H]2[C@H]3OC[C@H]3[C@H]1C=C[C@H]2c1ccccc1[N+](=O)[O-]. The molecule has 0 radical (unpaired) electrons. The lowest BCUT2D eigenvalue weighted by Gasteiger charge is -2.42. The molecule has 6 heteroatoms. The molecule has 1 aromatic rings. The van der Waals surface area contributed by atoms with E-state index in [1.807, 2.05) is 12.2 Å². The third-order valence-electron chi connectivity index (χ3n) is 6.20. The molecule has 2 fully saturated rings. The summed E-state index contributed by atoms with van der Waals surface area (Å²) in [6.45, 7) is 4.55. The summed E-state index contributed by atoms with van der Waals surface area (Å²) in [7, 11) is 0. The first kappa shape index (κ1) is 16.0. The Hall–Kier alpha value is -2.47. The summed E-state index contributed by atoms with van der Waals surface area (Å²) in [5, 5.41) is 21.0. The lowest BCUT2D eigenvalue weighted by Crippen LogP contribution is -2.43. The second-order valence-electron chi connectivity index (χ2n) is 7.13. The van der Waals surface area contributed by atoms with Gasteiger partial charge < -0.3 is 9.84 Å². The quantitative estimate of drug-likeness (QED) is 0.505. The fourth-order valence-electron chi connectivity index (χ4n) is 5.22. The Bertz CT molecular complexity index is 788. The maximum Gasteiger partial charge on any atom is 0.304 e. The van der Waals surface area contributed by atoms with Crippen molar-refractivity contribution in [2.24, 2.45) is 23.2 Å². The largest absolute Gasteiger partial charge is 0.481 e. The topological polar surface area (TPSA) is 89.7 Å². The van der Waals surface area contributed by atoms with Crippen LogP contribution in [-0.2, 0) is 9.53 Å². The lowest BCUT2D eigenvalue weighted by atomic mass is 9.60. The van der Waals surface area contributed by atoms with Crippen molar-refractivity contribution in [3.05, 3.63) is 64.8 Å². The number of aliphatic carboxylic acids is 1. The van der Waals surface area contributed by atoms with Crippen molar-refractivity contribution in [1.29, 1.82) is 0 Å². The van der Waals surface area contributed by atoms with E-state index >= 15 is 0 Å². The van der Waals surface area contributed by atoms with Gasteiger partial charge in [0.1, 0.15) is 0 Å².